The van der Waals surface area contributed by atoms with E-state index in [-0.39, 0.29) is 11.8 Å². The minimum atomic E-state index is -0.183. The molecule has 1 aromatic rings. The normalized spacial score (nSPS) is 20.1. The summed E-state index contributed by atoms with van der Waals surface area (Å²) < 4.78 is 0. The number of aliphatic imine (C=N–C) groups is 1. The molecule has 386 valence electrons. The second kappa shape index (κ2) is 41.3. The fraction of sp³-hybridized carbons (Fsp3) is 0.790. The number of nitrogens with two attached hydrogens (primary N) is 1. The van der Waals surface area contributed by atoms with E-state index in [0.29, 0.717) is 0 Å². The second-order valence-corrected chi connectivity index (χ2v) is 20.4. The van der Waals surface area contributed by atoms with E-state index in [9.17, 15) is 4.79 Å². The van der Waals surface area contributed by atoms with Gasteiger partial charge in [0, 0.05) is 23.7 Å². The first-order valence-electron chi connectivity index (χ1n) is 29.2. The second-order valence-electron chi connectivity index (χ2n) is 20.4. The van der Waals surface area contributed by atoms with Crippen LogP contribution in [0.2, 0.25) is 0 Å². The van der Waals surface area contributed by atoms with Crippen LogP contribution < -0.4 is 16.4 Å². The number of ketones is 1. The van der Waals surface area contributed by atoms with Crippen LogP contribution in [0.25, 0.3) is 5.70 Å². The number of benzene rings is 1. The van der Waals surface area contributed by atoms with Gasteiger partial charge >= 0.3 is 0 Å². The van der Waals surface area contributed by atoms with E-state index in [2.05, 4.69) is 75.2 Å². The Morgan fingerprint density at radius 3 is 1.66 bits per heavy atom. The Morgan fingerprint density at radius 2 is 1.16 bits per heavy atom. The monoisotopic (exact) mass is 929 g/mol. The number of amidine groups is 1. The minimum Gasteiger partial charge on any atom is -0.333 e. The van der Waals surface area contributed by atoms with Gasteiger partial charge in [0.15, 0.2) is 5.78 Å². The van der Waals surface area contributed by atoms with E-state index in [0.717, 1.165) is 82.9 Å². The molecule has 5 heteroatoms. The molecule has 1 aromatic carbocycles. The summed E-state index contributed by atoms with van der Waals surface area (Å²) in [6.07, 6.45) is 46.6. The summed E-state index contributed by atoms with van der Waals surface area (Å²) >= 11 is 0. The Morgan fingerprint density at radius 1 is 0.701 bits per heavy atom. The SMILES string of the molecule is C=C=C1NC(=NC)c2cc3c(cc21)C(NCCCCCCCCC1C(CCCCCCCC(CC)CCCN)CCC(CCCCCC)C1CCCCCCCC)C3=O.C=CC.CC.CCC. The Kier molecular flexibility index (Phi) is 38.6. The summed E-state index contributed by atoms with van der Waals surface area (Å²) in [4.78, 5) is 17.4. The lowest BCUT2D eigenvalue weighted by Crippen LogP contribution is -2.38. The number of hydrogen-bond donors (Lipinski definition) is 3. The molecule has 2 aliphatic carbocycles. The Bertz CT molecular complexity index is 1470. The molecule has 5 nitrogen and oxygen atoms in total. The first-order chi connectivity index (χ1) is 32.8. The molecular weight excluding hydrogens is 817 g/mol. The minimum absolute atomic E-state index is 0.183. The zero-order valence-electron chi connectivity index (χ0n) is 46.1. The molecule has 0 amide bonds. The van der Waals surface area contributed by atoms with Crippen molar-refractivity contribution in [3.63, 3.8) is 0 Å². The summed E-state index contributed by atoms with van der Waals surface area (Å²) in [5.74, 6) is 5.79. The summed E-state index contributed by atoms with van der Waals surface area (Å²) in [5, 5.41) is 6.86. The lowest BCUT2D eigenvalue weighted by atomic mass is 9.61. The molecule has 1 heterocycles. The van der Waals surface area contributed by atoms with Gasteiger partial charge in [-0.25, -0.2) is 0 Å². The number of nitrogens with zero attached hydrogens (tertiary/aromatic N) is 1. The van der Waals surface area contributed by atoms with E-state index in [1.165, 1.54) is 199 Å². The molecule has 6 atom stereocenters. The lowest BCUT2D eigenvalue weighted by molar-refractivity contribution is 0.0581. The largest absolute Gasteiger partial charge is 0.333 e. The van der Waals surface area contributed by atoms with Crippen LogP contribution in [-0.4, -0.2) is 31.8 Å². The van der Waals surface area contributed by atoms with Crippen LogP contribution in [0.1, 0.15) is 294 Å². The standard InChI is InChI=1S/C54H92N4O.C3H8.C3H6.C2H6/c1-6-10-12-14-20-26-34-45-43(32-24-13-11-7-2)36-37-44(33-25-19-17-18-23-30-42(8-3)31-29-38-55)46(45)35-27-21-15-16-22-28-39-57-52-48-40-47-50(41-49(48)53(52)59)54(56-5)58-51(47)9-4;2*1-3-2;1-2/h40-46,52,57H,4,6-8,10-39,55H2,1-3,5H3,(H,56,58);3H2,1-2H3;3H,1H2,2H3;1-2H3. The summed E-state index contributed by atoms with van der Waals surface area (Å²) in [5.41, 5.74) is 13.6. The zero-order chi connectivity index (χ0) is 49.5. The highest BCUT2D eigenvalue weighted by Gasteiger charge is 2.39. The number of allylic oxidation sites excluding steroid dienone is 1. The van der Waals surface area contributed by atoms with E-state index in [1.54, 1.807) is 13.1 Å². The Hall–Kier alpha value is -2.46. The van der Waals surface area contributed by atoms with Crippen molar-refractivity contribution in [3.8, 4) is 0 Å². The van der Waals surface area contributed by atoms with Crippen molar-refractivity contribution in [3.05, 3.63) is 59.4 Å². The molecule has 4 N–H and O–H groups in total. The number of unbranched alkanes of at least 4 members (excludes halogenated alkanes) is 17. The number of Topliss-reactive ketones (excluding diaryl/α,β-unsaturated/α-hetero) is 1. The third-order valence-electron chi connectivity index (χ3n) is 15.1. The molecule has 6 unspecified atom stereocenters. The molecule has 0 saturated heterocycles. The van der Waals surface area contributed by atoms with Crippen LogP contribution in [0.3, 0.4) is 0 Å². The molecule has 0 spiro atoms. The van der Waals surface area contributed by atoms with Gasteiger partial charge in [-0.1, -0.05) is 222 Å². The number of hydrogen-bond acceptors (Lipinski definition) is 4. The fourth-order valence-electron chi connectivity index (χ4n) is 11.4. The highest BCUT2D eigenvalue weighted by atomic mass is 16.1. The molecule has 1 saturated carbocycles. The van der Waals surface area contributed by atoms with Gasteiger partial charge in [-0.05, 0) is 112 Å². The van der Waals surface area contributed by atoms with Gasteiger partial charge in [-0.15, -0.1) is 12.3 Å². The molecule has 4 rings (SSSR count). The van der Waals surface area contributed by atoms with Crippen LogP contribution in [0, 0.1) is 29.6 Å². The van der Waals surface area contributed by atoms with Gasteiger partial charge < -0.3 is 16.4 Å². The quantitative estimate of drug-likeness (QED) is 0.0365. The highest BCUT2D eigenvalue weighted by Crippen LogP contribution is 2.48. The van der Waals surface area contributed by atoms with Gasteiger partial charge in [0.25, 0.3) is 0 Å². The first kappa shape index (κ1) is 62.6. The van der Waals surface area contributed by atoms with Crippen molar-refractivity contribution >= 4 is 17.3 Å². The number of carbonyl (C=O) groups excluding carboxylic acids is 1. The first-order valence-corrected chi connectivity index (χ1v) is 29.2. The molecule has 0 aromatic heterocycles. The van der Waals surface area contributed by atoms with E-state index >= 15 is 0 Å². The van der Waals surface area contributed by atoms with E-state index in [4.69, 9.17) is 5.73 Å². The molecule has 1 fully saturated rings. The van der Waals surface area contributed by atoms with Gasteiger partial charge in [-0.2, -0.15) is 0 Å². The van der Waals surface area contributed by atoms with E-state index in [1.807, 2.05) is 26.8 Å². The van der Waals surface area contributed by atoms with Crippen LogP contribution in [-0.2, 0) is 0 Å². The predicted molar refractivity (Wildman–Crippen MR) is 299 cm³/mol. The van der Waals surface area contributed by atoms with Crippen molar-refractivity contribution < 1.29 is 4.79 Å². The van der Waals surface area contributed by atoms with Crippen LogP contribution in [0.15, 0.2) is 42.1 Å². The average Bonchev–Trinajstić information content (AvgIpc) is 3.70. The topological polar surface area (TPSA) is 79.5 Å². The maximum Gasteiger partial charge on any atom is 0.184 e. The van der Waals surface area contributed by atoms with Crippen molar-refractivity contribution in [1.82, 2.24) is 10.6 Å². The van der Waals surface area contributed by atoms with Gasteiger partial charge in [0.1, 0.15) is 5.84 Å². The third kappa shape index (κ3) is 23.8. The molecule has 1 aliphatic heterocycles. The number of carbonyl (C=O) groups is 1. The molecule has 67 heavy (non-hydrogen) atoms. The van der Waals surface area contributed by atoms with Crippen LogP contribution >= 0.6 is 0 Å². The highest BCUT2D eigenvalue weighted by molar-refractivity contribution is 6.17. The number of nitrogens with one attached hydrogen (secondary N) is 2. The van der Waals surface area contributed by atoms with Gasteiger partial charge in [0.05, 0.1) is 11.7 Å². The van der Waals surface area contributed by atoms with Crippen molar-refractivity contribution in [1.29, 1.82) is 0 Å². The average molecular weight is 930 g/mol. The number of rotatable bonds is 34. The van der Waals surface area contributed by atoms with Crippen molar-refractivity contribution in [2.75, 3.05) is 20.1 Å². The zero-order valence-corrected chi connectivity index (χ0v) is 46.1. The van der Waals surface area contributed by atoms with Crippen molar-refractivity contribution in [2.45, 2.75) is 267 Å². The van der Waals surface area contributed by atoms with Crippen LogP contribution in [0.5, 0.6) is 0 Å². The van der Waals surface area contributed by atoms with Crippen LogP contribution in [0.4, 0.5) is 0 Å². The fourth-order valence-corrected chi connectivity index (χ4v) is 11.4. The van der Waals surface area contributed by atoms with Gasteiger partial charge in [-0.3, -0.25) is 9.79 Å². The Balaban J connectivity index is 0.00000262. The predicted octanol–water partition coefficient (Wildman–Crippen LogP) is 18.5. The molecule has 3 aliphatic rings. The van der Waals surface area contributed by atoms with Gasteiger partial charge in [0.2, 0.25) is 0 Å². The summed E-state index contributed by atoms with van der Waals surface area (Å²) in [6, 6.07) is 3.96. The molecular formula is C62H112N4O. The summed E-state index contributed by atoms with van der Waals surface area (Å²) in [7, 11) is 1.77. The Labute approximate surface area is 417 Å². The molecule has 0 bridgehead atoms. The number of fused-ring (bicyclic) bond motifs is 2. The lowest BCUT2D eigenvalue weighted by Gasteiger charge is -2.44. The maximum atomic E-state index is 13.0. The smallest absolute Gasteiger partial charge is 0.184 e. The maximum absolute atomic E-state index is 13.0. The third-order valence-corrected chi connectivity index (χ3v) is 15.1. The van der Waals surface area contributed by atoms with Crippen molar-refractivity contribution in [2.24, 2.45) is 40.3 Å². The van der Waals surface area contributed by atoms with E-state index < -0.39 is 0 Å². The summed E-state index contributed by atoms with van der Waals surface area (Å²) in [6.45, 7) is 26.2. The molecule has 0 radical (unpaired) electrons.